The Kier molecular flexibility index (Phi) is 6.37. The van der Waals surface area contributed by atoms with E-state index in [-0.39, 0.29) is 40.8 Å². The predicted molar refractivity (Wildman–Crippen MR) is 115 cm³/mol. The molecule has 1 aromatic carbocycles. The van der Waals surface area contributed by atoms with Gasteiger partial charge in [0.25, 0.3) is 0 Å². The molecule has 2 saturated heterocycles. The highest BCUT2D eigenvalue weighted by Gasteiger charge is 2.48. The first-order chi connectivity index (χ1) is 14.9. The third kappa shape index (κ3) is 4.10. The van der Waals surface area contributed by atoms with Gasteiger partial charge in [-0.25, -0.2) is 8.42 Å². The van der Waals surface area contributed by atoms with Crippen molar-refractivity contribution < 1.29 is 22.7 Å². The average Bonchev–Trinajstić information content (AvgIpc) is 3.04. The first kappa shape index (κ1) is 22.2. The summed E-state index contributed by atoms with van der Waals surface area (Å²) in [6.07, 6.45) is 3.48. The Hall–Kier alpha value is -1.97. The molecule has 1 aliphatic carbocycles. The van der Waals surface area contributed by atoms with Crippen molar-refractivity contribution in [1.29, 1.82) is 0 Å². The zero-order valence-corrected chi connectivity index (χ0v) is 19.1. The number of piperazine rings is 1. The monoisotopic (exact) mass is 449 g/mol. The van der Waals surface area contributed by atoms with E-state index in [0.29, 0.717) is 31.7 Å². The second kappa shape index (κ2) is 8.88. The molecule has 31 heavy (non-hydrogen) atoms. The lowest BCUT2D eigenvalue weighted by Gasteiger charge is -2.33. The van der Waals surface area contributed by atoms with Gasteiger partial charge in [-0.2, -0.15) is 4.31 Å². The number of rotatable bonds is 6. The Labute approximate surface area is 184 Å². The molecular formula is C22H31N3O5S. The summed E-state index contributed by atoms with van der Waals surface area (Å²) in [5.74, 6) is -0.388. The van der Waals surface area contributed by atoms with E-state index in [4.69, 9.17) is 4.74 Å². The van der Waals surface area contributed by atoms with Crippen molar-refractivity contribution in [3.8, 4) is 5.75 Å². The molecule has 3 fully saturated rings. The van der Waals surface area contributed by atoms with E-state index in [2.05, 4.69) is 11.8 Å². The van der Waals surface area contributed by atoms with Crippen LogP contribution in [-0.4, -0.2) is 74.2 Å². The maximum atomic E-state index is 13.4. The molecule has 0 unspecified atom stereocenters. The number of methoxy groups -OCH3 is 1. The molecule has 0 bridgehead atoms. The van der Waals surface area contributed by atoms with E-state index in [1.165, 1.54) is 16.3 Å². The highest BCUT2D eigenvalue weighted by atomic mass is 32.2. The van der Waals surface area contributed by atoms with Crippen LogP contribution in [0, 0.1) is 11.8 Å². The summed E-state index contributed by atoms with van der Waals surface area (Å²) in [4.78, 5) is 29.3. The van der Waals surface area contributed by atoms with Crippen molar-refractivity contribution >= 4 is 21.8 Å². The summed E-state index contributed by atoms with van der Waals surface area (Å²) in [5, 5.41) is 0. The molecule has 1 aromatic rings. The van der Waals surface area contributed by atoms with Gasteiger partial charge >= 0.3 is 0 Å². The molecule has 2 atom stereocenters. The fourth-order valence-corrected chi connectivity index (χ4v) is 6.64. The van der Waals surface area contributed by atoms with Crippen molar-refractivity contribution in [2.75, 3.05) is 39.8 Å². The molecule has 170 valence electrons. The van der Waals surface area contributed by atoms with Crippen LogP contribution in [0.2, 0.25) is 0 Å². The highest BCUT2D eigenvalue weighted by Crippen LogP contribution is 2.39. The van der Waals surface area contributed by atoms with Crippen molar-refractivity contribution in [2.24, 2.45) is 11.8 Å². The summed E-state index contributed by atoms with van der Waals surface area (Å²) in [5.41, 5.74) is 0.618. The third-order valence-electron chi connectivity index (χ3n) is 6.90. The lowest BCUT2D eigenvalue weighted by molar-refractivity contribution is -0.140. The lowest BCUT2D eigenvalue weighted by atomic mass is 9.81. The minimum atomic E-state index is -3.75. The van der Waals surface area contributed by atoms with E-state index in [9.17, 15) is 18.0 Å². The fourth-order valence-electron chi connectivity index (χ4n) is 5.02. The van der Waals surface area contributed by atoms with Gasteiger partial charge in [0, 0.05) is 26.2 Å². The van der Waals surface area contributed by atoms with Crippen molar-refractivity contribution in [1.82, 2.24) is 14.1 Å². The Morgan fingerprint density at radius 3 is 2.16 bits per heavy atom. The Balaban J connectivity index is 1.58. The van der Waals surface area contributed by atoms with Gasteiger partial charge in [0.05, 0.1) is 25.5 Å². The molecule has 4 rings (SSSR count). The van der Waals surface area contributed by atoms with Gasteiger partial charge in [-0.05, 0) is 37.1 Å². The van der Waals surface area contributed by atoms with Gasteiger partial charge in [0.1, 0.15) is 10.6 Å². The lowest BCUT2D eigenvalue weighted by Crippen LogP contribution is -2.48. The van der Waals surface area contributed by atoms with Gasteiger partial charge < -0.3 is 9.64 Å². The number of ether oxygens (including phenoxy) is 1. The molecule has 0 spiro atoms. The minimum absolute atomic E-state index is 0.0916. The summed E-state index contributed by atoms with van der Waals surface area (Å²) >= 11 is 0. The second-order valence-electron chi connectivity index (χ2n) is 8.58. The van der Waals surface area contributed by atoms with Crippen molar-refractivity contribution in [2.45, 2.75) is 44.0 Å². The first-order valence-corrected chi connectivity index (χ1v) is 12.6. The topological polar surface area (TPSA) is 87.2 Å². The van der Waals surface area contributed by atoms with Crippen LogP contribution in [-0.2, 0) is 26.2 Å². The van der Waals surface area contributed by atoms with Crippen LogP contribution in [0.15, 0.2) is 23.1 Å². The minimum Gasteiger partial charge on any atom is -0.495 e. The number of imide groups is 1. The van der Waals surface area contributed by atoms with Crippen LogP contribution < -0.4 is 4.74 Å². The second-order valence-corrected chi connectivity index (χ2v) is 10.5. The van der Waals surface area contributed by atoms with Crippen molar-refractivity contribution in [3.05, 3.63) is 23.8 Å². The van der Waals surface area contributed by atoms with Crippen molar-refractivity contribution in [3.63, 3.8) is 0 Å². The van der Waals surface area contributed by atoms with Gasteiger partial charge in [-0.15, -0.1) is 0 Å². The molecule has 2 amide bonds. The molecule has 2 heterocycles. The van der Waals surface area contributed by atoms with E-state index in [1.54, 1.807) is 18.2 Å². The number of amides is 2. The first-order valence-electron chi connectivity index (χ1n) is 11.1. The molecule has 9 heteroatoms. The Morgan fingerprint density at radius 1 is 1.00 bits per heavy atom. The van der Waals surface area contributed by atoms with Gasteiger partial charge in [0.15, 0.2) is 0 Å². The van der Waals surface area contributed by atoms with Gasteiger partial charge in [0.2, 0.25) is 21.8 Å². The summed E-state index contributed by atoms with van der Waals surface area (Å²) in [6, 6.07) is 4.90. The highest BCUT2D eigenvalue weighted by molar-refractivity contribution is 7.89. The maximum Gasteiger partial charge on any atom is 0.246 e. The zero-order valence-electron chi connectivity index (χ0n) is 18.2. The summed E-state index contributed by atoms with van der Waals surface area (Å²) < 4.78 is 33.6. The molecule has 0 N–H and O–H groups in total. The van der Waals surface area contributed by atoms with E-state index in [1.807, 2.05) is 0 Å². The van der Waals surface area contributed by atoms with Crippen LogP contribution in [0.4, 0.5) is 0 Å². The number of benzene rings is 1. The fraction of sp³-hybridized carbons (Fsp3) is 0.636. The number of hydrogen-bond donors (Lipinski definition) is 0. The Bertz CT molecular complexity index is 932. The number of fused-ring (bicyclic) bond motifs is 1. The largest absolute Gasteiger partial charge is 0.495 e. The van der Waals surface area contributed by atoms with Gasteiger partial charge in [-0.1, -0.05) is 25.8 Å². The van der Waals surface area contributed by atoms with E-state index in [0.717, 1.165) is 32.2 Å². The number of hydrogen-bond acceptors (Lipinski definition) is 6. The smallest absolute Gasteiger partial charge is 0.246 e. The summed E-state index contributed by atoms with van der Waals surface area (Å²) in [6.45, 7) is 5.29. The molecule has 0 aromatic heterocycles. The number of carbonyl (C=O) groups excluding carboxylic acids is 2. The Morgan fingerprint density at radius 2 is 1.61 bits per heavy atom. The molecule has 8 nitrogen and oxygen atoms in total. The van der Waals surface area contributed by atoms with Crippen LogP contribution in [0.25, 0.3) is 0 Å². The summed E-state index contributed by atoms with van der Waals surface area (Å²) in [7, 11) is -2.30. The average molecular weight is 450 g/mol. The quantitative estimate of drug-likeness (QED) is 0.615. The van der Waals surface area contributed by atoms with Crippen LogP contribution >= 0.6 is 0 Å². The maximum absolute atomic E-state index is 13.4. The van der Waals surface area contributed by atoms with Crippen LogP contribution in [0.1, 0.15) is 38.2 Å². The SMILES string of the molecule is CCN1CCN(S(=O)(=O)c2cc(CN3C(=O)[C@H]4CCCC[C@H]4C3=O)ccc2OC)CC1. The predicted octanol–water partition coefficient (Wildman–Crippen LogP) is 1.70. The number of carbonyl (C=O) groups is 2. The number of likely N-dealkylation sites (N-methyl/N-ethyl adjacent to an activating group) is 1. The number of sulfonamides is 1. The number of nitrogens with zero attached hydrogens (tertiary/aromatic N) is 3. The third-order valence-corrected chi connectivity index (χ3v) is 8.82. The molecule has 1 saturated carbocycles. The normalized spacial score (nSPS) is 25.7. The molecule has 2 aliphatic heterocycles. The number of likely N-dealkylation sites (tertiary alicyclic amines) is 1. The molecule has 0 radical (unpaired) electrons. The van der Waals surface area contributed by atoms with Crippen LogP contribution in [0.3, 0.4) is 0 Å². The zero-order chi connectivity index (χ0) is 22.2. The van der Waals surface area contributed by atoms with E-state index >= 15 is 0 Å². The standard InChI is InChI=1S/C22H31N3O5S/c1-3-23-10-12-24(13-11-23)31(28,29)20-14-16(8-9-19(20)30-2)15-25-21(26)17-6-4-5-7-18(17)22(25)27/h8-9,14,17-18H,3-7,10-13,15H2,1-2H3/t17-,18+. The molecule has 3 aliphatic rings. The molecular weight excluding hydrogens is 418 g/mol. The van der Waals surface area contributed by atoms with Crippen LogP contribution in [0.5, 0.6) is 5.75 Å². The van der Waals surface area contributed by atoms with Gasteiger partial charge in [-0.3, -0.25) is 14.5 Å². The van der Waals surface area contributed by atoms with E-state index < -0.39 is 10.0 Å².